The van der Waals surface area contributed by atoms with Crippen LogP contribution in [0.2, 0.25) is 5.02 Å². The number of halogens is 2. The number of hydrogen-bond donors (Lipinski definition) is 1. The summed E-state index contributed by atoms with van der Waals surface area (Å²) in [6, 6.07) is 14.7. The van der Waals surface area contributed by atoms with Gasteiger partial charge in [-0.05, 0) is 65.0 Å². The molecule has 1 aliphatic heterocycles. The Labute approximate surface area is 256 Å². The maximum absolute atomic E-state index is 13.0. The monoisotopic (exact) mass is 684 g/mol. The van der Waals surface area contributed by atoms with Crippen LogP contribution in [0.15, 0.2) is 53.0 Å². The lowest BCUT2D eigenvalue weighted by Gasteiger charge is -2.32. The van der Waals surface area contributed by atoms with Gasteiger partial charge in [0.25, 0.3) is 0 Å². The van der Waals surface area contributed by atoms with E-state index in [1.54, 1.807) is 31.2 Å². The molecule has 0 bridgehead atoms. The quantitative estimate of drug-likeness (QED) is 0.246. The standard InChI is InChI=1S/C28H30BrClN2O7S2/c1-3-38-23(33)16-39-25-24(29)26(40-27(25)28(34)37-2)18-8-6-9-21(15-18)31-20-11-13-32(14-12-20)41(35,36)17-19-7-4-5-10-22(19)30/h4-10,15,20,31H,3,11-14,16-17H2,1-2H3. The minimum Gasteiger partial charge on any atom is -0.479 e. The first-order valence-corrected chi connectivity index (χ1v) is 16.5. The molecule has 3 aromatic rings. The van der Waals surface area contributed by atoms with Gasteiger partial charge in [-0.15, -0.1) is 11.3 Å². The maximum Gasteiger partial charge on any atom is 0.351 e. The molecule has 41 heavy (non-hydrogen) atoms. The van der Waals surface area contributed by atoms with E-state index in [-0.39, 0.29) is 35.6 Å². The van der Waals surface area contributed by atoms with E-state index in [2.05, 4.69) is 21.2 Å². The summed E-state index contributed by atoms with van der Waals surface area (Å²) in [5.74, 6) is -1.03. The fourth-order valence-electron chi connectivity index (χ4n) is 4.44. The predicted molar refractivity (Wildman–Crippen MR) is 163 cm³/mol. The zero-order chi connectivity index (χ0) is 29.6. The number of thiophene rings is 1. The number of methoxy groups -OCH3 is 1. The third kappa shape index (κ3) is 7.81. The molecule has 0 aliphatic carbocycles. The molecule has 4 rings (SSSR count). The minimum atomic E-state index is -3.49. The second kappa shape index (κ2) is 14.0. The van der Waals surface area contributed by atoms with Crippen molar-refractivity contribution in [2.75, 3.05) is 38.7 Å². The van der Waals surface area contributed by atoms with Gasteiger partial charge in [0.1, 0.15) is 0 Å². The fraction of sp³-hybridized carbons (Fsp3) is 0.357. The Morgan fingerprint density at radius 1 is 1.15 bits per heavy atom. The molecule has 0 radical (unpaired) electrons. The van der Waals surface area contributed by atoms with Crippen molar-refractivity contribution in [3.63, 3.8) is 0 Å². The summed E-state index contributed by atoms with van der Waals surface area (Å²) in [4.78, 5) is 25.2. The number of hydrogen-bond acceptors (Lipinski definition) is 9. The first-order valence-electron chi connectivity index (χ1n) is 12.9. The highest BCUT2D eigenvalue weighted by Crippen LogP contribution is 2.46. The van der Waals surface area contributed by atoms with Gasteiger partial charge in [0.05, 0.1) is 28.8 Å². The number of rotatable bonds is 11. The smallest absolute Gasteiger partial charge is 0.351 e. The van der Waals surface area contributed by atoms with E-state index < -0.39 is 22.0 Å². The van der Waals surface area contributed by atoms with E-state index in [1.165, 1.54) is 22.8 Å². The van der Waals surface area contributed by atoms with Crippen molar-refractivity contribution in [3.05, 3.63) is 68.5 Å². The first kappa shape index (κ1) is 31.3. The highest BCUT2D eigenvalue weighted by Gasteiger charge is 2.29. The van der Waals surface area contributed by atoms with Gasteiger partial charge in [-0.1, -0.05) is 41.9 Å². The number of nitrogens with one attached hydrogen (secondary N) is 1. The summed E-state index contributed by atoms with van der Waals surface area (Å²) < 4.78 is 43.5. The SMILES string of the molecule is CCOC(=O)COc1c(C(=O)OC)sc(-c2cccc(NC3CCN(S(=O)(=O)Cc4ccccc4Cl)CC3)c2)c1Br. The number of carbonyl (C=O) groups excluding carboxylic acids is 2. The number of sulfonamides is 1. The van der Waals surface area contributed by atoms with Gasteiger partial charge >= 0.3 is 11.9 Å². The van der Waals surface area contributed by atoms with Crippen molar-refractivity contribution in [2.45, 2.75) is 31.6 Å². The lowest BCUT2D eigenvalue weighted by Crippen LogP contribution is -2.42. The number of benzene rings is 2. The van der Waals surface area contributed by atoms with Crippen LogP contribution in [0.1, 0.15) is 35.0 Å². The molecule has 1 N–H and O–H groups in total. The molecule has 220 valence electrons. The average molecular weight is 686 g/mol. The topological polar surface area (TPSA) is 111 Å². The van der Waals surface area contributed by atoms with E-state index in [1.807, 2.05) is 24.3 Å². The Morgan fingerprint density at radius 3 is 2.56 bits per heavy atom. The summed E-state index contributed by atoms with van der Waals surface area (Å²) in [6.45, 7) is 2.39. The molecule has 2 aromatic carbocycles. The van der Waals surface area contributed by atoms with Crippen LogP contribution in [0, 0.1) is 0 Å². The molecule has 0 spiro atoms. The predicted octanol–water partition coefficient (Wildman–Crippen LogP) is 5.97. The average Bonchev–Trinajstić information content (AvgIpc) is 3.29. The molecule has 1 aromatic heterocycles. The number of piperidine rings is 1. The van der Waals surface area contributed by atoms with Crippen LogP contribution >= 0.6 is 38.9 Å². The van der Waals surface area contributed by atoms with E-state index in [4.69, 9.17) is 25.8 Å². The fourth-order valence-corrected chi connectivity index (χ4v) is 8.28. The molecule has 1 aliphatic rings. The van der Waals surface area contributed by atoms with Gasteiger partial charge in [0.15, 0.2) is 17.2 Å². The molecule has 0 saturated carbocycles. The Hall–Kier alpha value is -2.64. The van der Waals surface area contributed by atoms with Gasteiger partial charge in [-0.2, -0.15) is 0 Å². The van der Waals surface area contributed by atoms with Crippen molar-refractivity contribution in [3.8, 4) is 16.2 Å². The van der Waals surface area contributed by atoms with E-state index in [0.717, 1.165) is 16.1 Å². The van der Waals surface area contributed by atoms with Crippen LogP contribution in [0.25, 0.3) is 10.4 Å². The Kier molecular flexibility index (Phi) is 10.7. The van der Waals surface area contributed by atoms with Gasteiger partial charge in [0.2, 0.25) is 10.0 Å². The Morgan fingerprint density at radius 2 is 1.88 bits per heavy atom. The lowest BCUT2D eigenvalue weighted by molar-refractivity contribution is -0.145. The molecule has 1 saturated heterocycles. The highest BCUT2D eigenvalue weighted by molar-refractivity contribution is 9.10. The molecule has 0 atom stereocenters. The van der Waals surface area contributed by atoms with Gasteiger partial charge in [-0.3, -0.25) is 0 Å². The van der Waals surface area contributed by atoms with Crippen molar-refractivity contribution in [2.24, 2.45) is 0 Å². The van der Waals surface area contributed by atoms with Crippen molar-refractivity contribution in [1.29, 1.82) is 0 Å². The molecule has 0 unspecified atom stereocenters. The third-order valence-electron chi connectivity index (χ3n) is 6.46. The van der Waals surface area contributed by atoms with Crippen LogP contribution in [0.5, 0.6) is 5.75 Å². The van der Waals surface area contributed by atoms with E-state index in [9.17, 15) is 18.0 Å². The van der Waals surface area contributed by atoms with Crippen LogP contribution in [0.3, 0.4) is 0 Å². The largest absolute Gasteiger partial charge is 0.479 e. The zero-order valence-corrected chi connectivity index (χ0v) is 26.5. The van der Waals surface area contributed by atoms with Crippen LogP contribution in [-0.2, 0) is 30.0 Å². The number of esters is 2. The van der Waals surface area contributed by atoms with Gasteiger partial charge < -0.3 is 19.5 Å². The molecule has 13 heteroatoms. The normalized spacial score (nSPS) is 14.4. The number of carbonyl (C=O) groups is 2. The number of anilines is 1. The van der Waals surface area contributed by atoms with Crippen molar-refractivity contribution < 1.29 is 32.2 Å². The third-order valence-corrected chi connectivity index (χ3v) is 10.9. The van der Waals surface area contributed by atoms with Crippen LogP contribution in [-0.4, -0.2) is 64.1 Å². The van der Waals surface area contributed by atoms with Crippen LogP contribution in [0.4, 0.5) is 5.69 Å². The summed E-state index contributed by atoms with van der Waals surface area (Å²) in [5.41, 5.74) is 2.27. The summed E-state index contributed by atoms with van der Waals surface area (Å²) in [5, 5.41) is 3.96. The van der Waals surface area contributed by atoms with Crippen molar-refractivity contribution >= 4 is 66.5 Å². The summed E-state index contributed by atoms with van der Waals surface area (Å²) in [6.07, 6.45) is 1.29. The maximum atomic E-state index is 13.0. The second-order valence-electron chi connectivity index (χ2n) is 9.23. The van der Waals surface area contributed by atoms with E-state index >= 15 is 0 Å². The molecule has 0 amide bonds. The Balaban J connectivity index is 1.44. The molecular formula is C28H30BrClN2O7S2. The minimum absolute atomic E-state index is 0.0814. The van der Waals surface area contributed by atoms with Crippen molar-refractivity contribution in [1.82, 2.24) is 4.31 Å². The lowest BCUT2D eigenvalue weighted by atomic mass is 10.1. The number of nitrogens with zero attached hydrogens (tertiary/aromatic N) is 1. The second-order valence-corrected chi connectivity index (χ2v) is 13.4. The number of ether oxygens (including phenoxy) is 3. The Bertz CT molecular complexity index is 1500. The molecule has 2 heterocycles. The van der Waals surface area contributed by atoms with Gasteiger partial charge in [0, 0.05) is 29.8 Å². The molecule has 9 nitrogen and oxygen atoms in total. The van der Waals surface area contributed by atoms with Gasteiger partial charge in [-0.25, -0.2) is 22.3 Å². The van der Waals surface area contributed by atoms with Crippen LogP contribution < -0.4 is 10.1 Å². The zero-order valence-electron chi connectivity index (χ0n) is 22.5. The first-order chi connectivity index (χ1) is 19.6. The molecule has 1 fully saturated rings. The molecular weight excluding hydrogens is 656 g/mol. The van der Waals surface area contributed by atoms with E-state index in [0.29, 0.717) is 41.0 Å². The summed E-state index contributed by atoms with van der Waals surface area (Å²) in [7, 11) is -2.21. The highest BCUT2D eigenvalue weighted by atomic mass is 79.9. The summed E-state index contributed by atoms with van der Waals surface area (Å²) >= 11 is 10.9.